The van der Waals surface area contributed by atoms with Gasteiger partial charge in [0, 0.05) is 0 Å². The molecule has 0 radical (unpaired) electrons. The first kappa shape index (κ1) is 30.7. The predicted molar refractivity (Wildman–Crippen MR) is 139 cm³/mol. The second-order valence-corrected chi connectivity index (χ2v) is 9.27. The molecule has 0 unspecified atom stereocenters. The van der Waals surface area contributed by atoms with Crippen molar-refractivity contribution in [3.8, 4) is 40.6 Å². The quantitative estimate of drug-likeness (QED) is 0.133. The normalized spacial score (nSPS) is 22.2. The molecule has 0 bridgehead atoms. The number of phenols is 6. The lowest BCUT2D eigenvalue weighted by Crippen LogP contribution is -2.60. The second-order valence-electron chi connectivity index (χ2n) is 9.27. The molecule has 0 aromatic heterocycles. The maximum atomic E-state index is 12.9. The number of aromatic hydroxyl groups is 6. The summed E-state index contributed by atoms with van der Waals surface area (Å²) in [5.41, 5.74) is -0.501. The molecule has 0 spiro atoms. The Morgan fingerprint density at radius 2 is 1.33 bits per heavy atom. The van der Waals surface area contributed by atoms with E-state index in [1.807, 2.05) is 6.07 Å². The van der Waals surface area contributed by atoms with Gasteiger partial charge in [0.1, 0.15) is 24.9 Å². The van der Waals surface area contributed by atoms with Crippen LogP contribution in [0.15, 0.2) is 54.6 Å². The zero-order valence-electron chi connectivity index (χ0n) is 21.8. The van der Waals surface area contributed by atoms with Gasteiger partial charge < -0.3 is 59.8 Å². The lowest BCUT2D eigenvalue weighted by Gasteiger charge is -2.42. The van der Waals surface area contributed by atoms with Gasteiger partial charge in [0.15, 0.2) is 53.0 Å². The van der Waals surface area contributed by atoms with E-state index in [2.05, 4.69) is 0 Å². The minimum atomic E-state index is -1.97. The molecule has 15 heteroatoms. The average molecular weight is 600 g/mol. The van der Waals surface area contributed by atoms with E-state index in [9.17, 15) is 55.7 Å². The lowest BCUT2D eigenvalue weighted by molar-refractivity contribution is -0.306. The number of hydrogen-bond donors (Lipinski definition) is 8. The van der Waals surface area contributed by atoms with Crippen LogP contribution in [0, 0.1) is 11.3 Å². The molecule has 4 rings (SSSR count). The van der Waals surface area contributed by atoms with Crippen LogP contribution in [-0.2, 0) is 18.9 Å². The van der Waals surface area contributed by atoms with Crippen LogP contribution < -0.4 is 0 Å². The fourth-order valence-electron chi connectivity index (χ4n) is 4.10. The summed E-state index contributed by atoms with van der Waals surface area (Å²) in [6.45, 7) is -0.748. The predicted octanol–water partition coefficient (Wildman–Crippen LogP) is 1.03. The van der Waals surface area contributed by atoms with Crippen molar-refractivity contribution in [1.29, 1.82) is 5.26 Å². The van der Waals surface area contributed by atoms with Gasteiger partial charge in [-0.3, -0.25) is 0 Å². The van der Waals surface area contributed by atoms with Crippen LogP contribution in [0.5, 0.6) is 34.5 Å². The Hall–Kier alpha value is -5.27. The fourth-order valence-corrected chi connectivity index (χ4v) is 4.10. The molecule has 3 aromatic rings. The van der Waals surface area contributed by atoms with Gasteiger partial charge in [0.2, 0.25) is 0 Å². The van der Waals surface area contributed by atoms with E-state index in [4.69, 9.17) is 18.9 Å². The number of hydrogen-bond acceptors (Lipinski definition) is 15. The number of benzene rings is 3. The van der Waals surface area contributed by atoms with Crippen LogP contribution in [0.2, 0.25) is 0 Å². The monoisotopic (exact) mass is 599 g/mol. The molecule has 226 valence electrons. The van der Waals surface area contributed by atoms with Gasteiger partial charge in [-0.05, 0) is 29.8 Å². The van der Waals surface area contributed by atoms with Crippen LogP contribution in [0.25, 0.3) is 0 Å². The number of esters is 2. The first-order valence-electron chi connectivity index (χ1n) is 12.4. The summed E-state index contributed by atoms with van der Waals surface area (Å²) in [7, 11) is 0. The Morgan fingerprint density at radius 1 is 0.814 bits per heavy atom. The highest BCUT2D eigenvalue weighted by Crippen LogP contribution is 2.37. The molecule has 3 aromatic carbocycles. The maximum Gasteiger partial charge on any atom is 0.338 e. The van der Waals surface area contributed by atoms with Crippen molar-refractivity contribution in [3.63, 3.8) is 0 Å². The number of ether oxygens (including phenoxy) is 4. The molecule has 1 aliphatic rings. The van der Waals surface area contributed by atoms with E-state index in [-0.39, 0.29) is 5.56 Å². The van der Waals surface area contributed by atoms with Crippen LogP contribution in [-0.4, -0.2) is 90.1 Å². The minimum Gasteiger partial charge on any atom is -0.504 e. The highest BCUT2D eigenvalue weighted by Gasteiger charge is 2.49. The Bertz CT molecular complexity index is 1490. The standard InChI is InChI=1S/C28H25NO14/c29-10-19(12-4-2-1-3-5-12)41-28-25(43-27(39)14-8-17(32)22(35)18(33)9-14)24(37)23(36)20(42-28)11-40-26(38)13-6-15(30)21(34)16(31)7-13/h1-9,19-20,23-25,28,30-37H,11H2/t19-,20+,23+,24-,25+,28+/m0/s1. The lowest BCUT2D eigenvalue weighted by atomic mass is 9.98. The van der Waals surface area contributed by atoms with Crippen LogP contribution >= 0.6 is 0 Å². The zero-order chi connectivity index (χ0) is 31.4. The third-order valence-electron chi connectivity index (χ3n) is 6.37. The number of rotatable bonds is 8. The number of aliphatic hydroxyl groups excluding tert-OH is 2. The van der Waals surface area contributed by atoms with Gasteiger partial charge >= 0.3 is 11.9 Å². The Labute approximate surface area is 242 Å². The summed E-state index contributed by atoms with van der Waals surface area (Å²) >= 11 is 0. The Kier molecular flexibility index (Phi) is 9.07. The number of phenolic OH excluding ortho intramolecular Hbond substituents is 6. The van der Waals surface area contributed by atoms with Crippen molar-refractivity contribution in [2.24, 2.45) is 0 Å². The van der Waals surface area contributed by atoms with Gasteiger partial charge in [0.05, 0.1) is 17.2 Å². The average Bonchev–Trinajstić information content (AvgIpc) is 2.99. The number of carbonyl (C=O) groups is 2. The summed E-state index contributed by atoms with van der Waals surface area (Å²) in [5.74, 6) is -7.49. The summed E-state index contributed by atoms with van der Waals surface area (Å²) < 4.78 is 21.8. The molecule has 1 fully saturated rings. The molecule has 1 saturated heterocycles. The van der Waals surface area contributed by atoms with Crippen molar-refractivity contribution in [3.05, 3.63) is 71.3 Å². The van der Waals surface area contributed by atoms with E-state index in [1.165, 1.54) is 0 Å². The zero-order valence-corrected chi connectivity index (χ0v) is 21.8. The molecular weight excluding hydrogens is 574 g/mol. The van der Waals surface area contributed by atoms with Gasteiger partial charge in [-0.25, -0.2) is 9.59 Å². The van der Waals surface area contributed by atoms with Crippen molar-refractivity contribution in [2.75, 3.05) is 6.61 Å². The van der Waals surface area contributed by atoms with Crippen LogP contribution in [0.4, 0.5) is 0 Å². The van der Waals surface area contributed by atoms with Crippen LogP contribution in [0.3, 0.4) is 0 Å². The molecule has 6 atom stereocenters. The first-order valence-corrected chi connectivity index (χ1v) is 12.4. The number of nitrogens with zero attached hydrogens (tertiary/aromatic N) is 1. The smallest absolute Gasteiger partial charge is 0.338 e. The van der Waals surface area contributed by atoms with Crippen LogP contribution in [0.1, 0.15) is 32.4 Å². The van der Waals surface area contributed by atoms with E-state index >= 15 is 0 Å². The summed E-state index contributed by atoms with van der Waals surface area (Å²) in [6, 6.07) is 13.0. The highest BCUT2D eigenvalue weighted by molar-refractivity contribution is 5.91. The summed E-state index contributed by atoms with van der Waals surface area (Å²) in [6.07, 6.45) is -10.3. The Balaban J connectivity index is 1.57. The van der Waals surface area contributed by atoms with E-state index in [0.717, 1.165) is 24.3 Å². The summed E-state index contributed by atoms with van der Waals surface area (Å²) in [5, 5.41) is 89.2. The minimum absolute atomic E-state index is 0.350. The topological polar surface area (TPSA) is 257 Å². The third kappa shape index (κ3) is 6.63. The van der Waals surface area contributed by atoms with Crippen molar-refractivity contribution >= 4 is 11.9 Å². The van der Waals surface area contributed by atoms with Crippen molar-refractivity contribution in [1.82, 2.24) is 0 Å². The summed E-state index contributed by atoms with van der Waals surface area (Å²) in [4.78, 5) is 25.4. The van der Waals surface area contributed by atoms with Crippen molar-refractivity contribution in [2.45, 2.75) is 36.8 Å². The highest BCUT2D eigenvalue weighted by atomic mass is 16.7. The van der Waals surface area contributed by atoms with E-state index in [1.54, 1.807) is 30.3 Å². The van der Waals surface area contributed by atoms with E-state index < -0.39 is 95.4 Å². The molecule has 0 amide bonds. The molecule has 1 heterocycles. The van der Waals surface area contributed by atoms with E-state index in [0.29, 0.717) is 5.56 Å². The first-order chi connectivity index (χ1) is 20.4. The SMILES string of the molecule is N#C[C@H](O[C@@H]1O[C@H](COC(=O)c2cc(O)c(O)c(O)c2)[C@@H](O)[C@H](O)[C@H]1OC(=O)c1cc(O)c(O)c(O)c1)c1ccccc1. The number of nitriles is 1. The Morgan fingerprint density at radius 3 is 1.84 bits per heavy atom. The third-order valence-corrected chi connectivity index (χ3v) is 6.37. The maximum absolute atomic E-state index is 12.9. The van der Waals surface area contributed by atoms with Gasteiger partial charge in [-0.15, -0.1) is 0 Å². The fraction of sp³-hybridized carbons (Fsp3) is 0.250. The molecule has 0 saturated carbocycles. The number of aliphatic hydroxyl groups is 2. The van der Waals surface area contributed by atoms with Crippen molar-refractivity contribution < 1.29 is 69.4 Å². The molecule has 8 N–H and O–H groups in total. The molecular formula is C28H25NO14. The van der Waals surface area contributed by atoms with Gasteiger partial charge in [-0.1, -0.05) is 30.3 Å². The molecule has 0 aliphatic carbocycles. The number of carbonyl (C=O) groups excluding carboxylic acids is 2. The largest absolute Gasteiger partial charge is 0.504 e. The van der Waals surface area contributed by atoms with Gasteiger partial charge in [0.25, 0.3) is 0 Å². The molecule has 15 nitrogen and oxygen atoms in total. The molecule has 43 heavy (non-hydrogen) atoms. The molecule has 1 aliphatic heterocycles. The van der Waals surface area contributed by atoms with Gasteiger partial charge in [-0.2, -0.15) is 5.26 Å². The second kappa shape index (κ2) is 12.7.